The summed E-state index contributed by atoms with van der Waals surface area (Å²) < 4.78 is 50.2. The van der Waals surface area contributed by atoms with Crippen molar-refractivity contribution in [3.63, 3.8) is 0 Å². The average Bonchev–Trinajstić information content (AvgIpc) is 3.68. The molecule has 1 aromatic carbocycles. The lowest BCUT2D eigenvalue weighted by molar-refractivity contribution is -0.615. The smallest absolute Gasteiger partial charge is 0.333 e. The van der Waals surface area contributed by atoms with Crippen molar-refractivity contribution in [1.29, 1.82) is 0 Å². The van der Waals surface area contributed by atoms with E-state index in [4.69, 9.17) is 16.3 Å². The molecule has 0 spiro atoms. The quantitative estimate of drug-likeness (QED) is 0.204. The van der Waals surface area contributed by atoms with E-state index < -0.39 is 18.4 Å². The molecule has 5 rings (SSSR count). The van der Waals surface area contributed by atoms with Crippen LogP contribution in [0.15, 0.2) is 61.4 Å². The summed E-state index contributed by atoms with van der Waals surface area (Å²) in [6.45, 7) is -2.47. The molecule has 0 radical (unpaired) electrons. The van der Waals surface area contributed by atoms with Crippen molar-refractivity contribution < 1.29 is 22.6 Å². The van der Waals surface area contributed by atoms with Gasteiger partial charge in [-0.2, -0.15) is 28.4 Å². The second-order valence-electron chi connectivity index (χ2n) is 8.14. The van der Waals surface area contributed by atoms with Crippen LogP contribution >= 0.6 is 11.6 Å². The van der Waals surface area contributed by atoms with E-state index in [0.29, 0.717) is 45.1 Å². The van der Waals surface area contributed by atoms with Crippen LogP contribution in [-0.4, -0.2) is 53.5 Å². The van der Waals surface area contributed by atoms with Crippen LogP contribution in [0.25, 0.3) is 28.1 Å². The van der Waals surface area contributed by atoms with Crippen LogP contribution in [0.2, 0.25) is 5.02 Å². The predicted octanol–water partition coefficient (Wildman–Crippen LogP) is 3.84. The summed E-state index contributed by atoms with van der Waals surface area (Å²) in [5, 5.41) is 32.3. The molecule has 0 N–H and O–H groups in total. The summed E-state index contributed by atoms with van der Waals surface area (Å²) in [6, 6.07) is 6.91. The van der Waals surface area contributed by atoms with Gasteiger partial charge in [0.2, 0.25) is 5.69 Å². The Kier molecular flexibility index (Phi) is 7.07. The lowest BCUT2D eigenvalue weighted by Gasteiger charge is -2.18. The second-order valence-corrected chi connectivity index (χ2v) is 8.55. The number of nitrogens with zero attached hydrogens (tertiary/aromatic N) is 9. The highest BCUT2D eigenvalue weighted by atomic mass is 35.5. The highest BCUT2D eigenvalue weighted by Gasteiger charge is 2.26. The molecular weight excluding hydrogens is 527 g/mol. The Labute approximate surface area is 218 Å². The van der Waals surface area contributed by atoms with Gasteiger partial charge in [0, 0.05) is 44.2 Å². The third kappa shape index (κ3) is 4.82. The lowest BCUT2D eigenvalue weighted by atomic mass is 10.0. The number of hydrogen-bond donors (Lipinski definition) is 0. The van der Waals surface area contributed by atoms with E-state index in [0.717, 1.165) is 0 Å². The van der Waals surface area contributed by atoms with E-state index in [9.17, 15) is 14.0 Å². The number of rotatable bonds is 9. The molecule has 0 saturated carbocycles. The van der Waals surface area contributed by atoms with E-state index in [1.54, 1.807) is 24.4 Å². The first-order valence-electron chi connectivity index (χ1n) is 11.2. The molecule has 0 bridgehead atoms. The van der Waals surface area contributed by atoms with Gasteiger partial charge in [0.15, 0.2) is 12.0 Å². The van der Waals surface area contributed by atoms with Crippen molar-refractivity contribution in [2.24, 2.45) is 0 Å². The average molecular weight is 546 g/mol. The van der Waals surface area contributed by atoms with E-state index in [-0.39, 0.29) is 16.1 Å². The topological polar surface area (TPSA) is 115 Å². The maximum absolute atomic E-state index is 15.2. The molecule has 4 aromatic heterocycles. The van der Waals surface area contributed by atoms with Crippen LogP contribution in [-0.2, 0) is 4.74 Å². The number of halogens is 4. The van der Waals surface area contributed by atoms with Crippen LogP contribution < -0.4 is 4.73 Å². The normalized spacial score (nSPS) is 12.4. The summed E-state index contributed by atoms with van der Waals surface area (Å²) in [6.07, 6.45) is 7.15. The summed E-state index contributed by atoms with van der Waals surface area (Å²) in [4.78, 5) is 0. The minimum atomic E-state index is -2.77. The second kappa shape index (κ2) is 10.6. The van der Waals surface area contributed by atoms with Gasteiger partial charge in [0.25, 0.3) is 0 Å². The zero-order valence-corrected chi connectivity index (χ0v) is 20.5. The fourth-order valence-corrected chi connectivity index (χ4v) is 4.22. The molecule has 0 fully saturated rings. The Balaban J connectivity index is 1.53. The van der Waals surface area contributed by atoms with Gasteiger partial charge in [0.05, 0.1) is 33.7 Å². The third-order valence-electron chi connectivity index (χ3n) is 5.86. The Morgan fingerprint density at radius 3 is 2.66 bits per heavy atom. The number of benzene rings is 1. The number of alkyl halides is 2. The van der Waals surface area contributed by atoms with Crippen molar-refractivity contribution in [2.75, 3.05) is 13.7 Å². The summed E-state index contributed by atoms with van der Waals surface area (Å²) in [5.41, 5.74) is 1.68. The molecule has 0 aliphatic heterocycles. The molecule has 5 aromatic rings. The van der Waals surface area contributed by atoms with Crippen molar-refractivity contribution in [3.8, 4) is 28.1 Å². The zero-order chi connectivity index (χ0) is 26.8. The fourth-order valence-electron chi connectivity index (χ4n) is 4.06. The summed E-state index contributed by atoms with van der Waals surface area (Å²) in [7, 11) is 1.53. The Bertz CT molecular complexity index is 1560. The number of ether oxygens (including phenoxy) is 1. The predicted molar refractivity (Wildman–Crippen MR) is 128 cm³/mol. The maximum atomic E-state index is 15.2. The largest absolute Gasteiger partial charge is 0.618 e. The number of tetrazole rings is 1. The van der Waals surface area contributed by atoms with Gasteiger partial charge in [-0.1, -0.05) is 11.6 Å². The van der Waals surface area contributed by atoms with Crippen LogP contribution in [0.5, 0.6) is 0 Å². The molecule has 1 atom stereocenters. The molecule has 0 amide bonds. The van der Waals surface area contributed by atoms with Crippen LogP contribution in [0.1, 0.15) is 24.7 Å². The van der Waals surface area contributed by atoms with E-state index >= 15 is 4.39 Å². The maximum Gasteiger partial charge on any atom is 0.333 e. The highest BCUT2D eigenvalue weighted by Crippen LogP contribution is 2.33. The Hall–Kier alpha value is -4.30. The van der Waals surface area contributed by atoms with Crippen LogP contribution in [0.3, 0.4) is 0 Å². The van der Waals surface area contributed by atoms with Gasteiger partial charge in [0.1, 0.15) is 12.4 Å². The number of methoxy groups -OCH3 is 1. The lowest BCUT2D eigenvalue weighted by Crippen LogP contribution is -2.36. The minimum absolute atomic E-state index is 0.0467. The first-order chi connectivity index (χ1) is 18.4. The minimum Gasteiger partial charge on any atom is -0.618 e. The van der Waals surface area contributed by atoms with Gasteiger partial charge in [-0.25, -0.2) is 9.07 Å². The molecule has 11 nitrogen and oxygen atoms in total. The molecule has 0 saturated heterocycles. The summed E-state index contributed by atoms with van der Waals surface area (Å²) in [5.74, 6) is -0.733. The number of hydrogen-bond acceptors (Lipinski definition) is 7. The SMILES string of the molecule is COCC[C@@H](c1ccc(-c2c(-n3cnnn3)ccc(Cl)c2F)c[n+]1[O-])n1cc(-c2ccn(C(F)F)n2)cn1. The molecule has 196 valence electrons. The highest BCUT2D eigenvalue weighted by molar-refractivity contribution is 6.31. The fraction of sp³-hybridized carbons (Fsp3) is 0.217. The van der Waals surface area contributed by atoms with Gasteiger partial charge in [-0.05, 0) is 34.7 Å². The third-order valence-corrected chi connectivity index (χ3v) is 6.16. The van der Waals surface area contributed by atoms with Crippen LogP contribution in [0, 0.1) is 11.0 Å². The molecule has 38 heavy (non-hydrogen) atoms. The zero-order valence-electron chi connectivity index (χ0n) is 19.7. The van der Waals surface area contributed by atoms with Crippen LogP contribution in [0.4, 0.5) is 13.2 Å². The molecule has 0 aliphatic rings. The van der Waals surface area contributed by atoms with Crippen molar-refractivity contribution in [3.05, 3.63) is 83.2 Å². The van der Waals surface area contributed by atoms with Crippen molar-refractivity contribution in [2.45, 2.75) is 19.0 Å². The first kappa shape index (κ1) is 25.4. The standard InChI is InChI=1S/C23H19ClF3N9O2/c1-38-9-7-18(34-11-15(10-29-34)17-6-8-33(30-17)23(26)27)19-4-2-14(12-36(19)37)21-20(35-13-28-31-32-35)5-3-16(24)22(21)25/h2-6,8,10-13,18,23H,7,9H2,1H3/t18-/m0/s1. The van der Waals surface area contributed by atoms with Gasteiger partial charge < -0.3 is 9.94 Å². The molecule has 0 aliphatic carbocycles. The Morgan fingerprint density at radius 2 is 1.97 bits per heavy atom. The van der Waals surface area contributed by atoms with Gasteiger partial charge in [-0.3, -0.25) is 4.68 Å². The summed E-state index contributed by atoms with van der Waals surface area (Å²) >= 11 is 6.03. The van der Waals surface area contributed by atoms with Crippen molar-refractivity contribution >= 4 is 11.6 Å². The van der Waals surface area contributed by atoms with E-state index in [1.807, 2.05) is 0 Å². The monoisotopic (exact) mass is 545 g/mol. The Morgan fingerprint density at radius 1 is 1.13 bits per heavy atom. The molecule has 0 unspecified atom stereocenters. The van der Waals surface area contributed by atoms with Gasteiger partial charge >= 0.3 is 6.55 Å². The molecule has 4 heterocycles. The molecule has 15 heteroatoms. The number of pyridine rings is 1. The van der Waals surface area contributed by atoms with Gasteiger partial charge in [-0.15, -0.1) is 5.10 Å². The first-order valence-corrected chi connectivity index (χ1v) is 11.6. The molecular formula is C23H19ClF3N9O2. The van der Waals surface area contributed by atoms with E-state index in [2.05, 4.69) is 25.7 Å². The van der Waals surface area contributed by atoms with Crippen molar-refractivity contribution in [1.82, 2.24) is 39.8 Å². The number of aromatic nitrogens is 9. The van der Waals surface area contributed by atoms with E-state index in [1.165, 1.54) is 53.5 Å².